The summed E-state index contributed by atoms with van der Waals surface area (Å²) in [6.45, 7) is 1.91. The molecule has 0 spiro atoms. The highest BCUT2D eigenvalue weighted by atomic mass is 16.7. The van der Waals surface area contributed by atoms with Gasteiger partial charge in [-0.25, -0.2) is 5.06 Å². The van der Waals surface area contributed by atoms with Gasteiger partial charge in [0.1, 0.15) is 0 Å². The first-order valence-electron chi connectivity index (χ1n) is 5.00. The van der Waals surface area contributed by atoms with Crippen LogP contribution in [0.15, 0.2) is 30.3 Å². The zero-order valence-electron chi connectivity index (χ0n) is 9.43. The Labute approximate surface area is 90.6 Å². The van der Waals surface area contributed by atoms with Crippen LogP contribution in [-0.2, 0) is 16.1 Å². The number of hydrogen-bond donors (Lipinski definition) is 0. The van der Waals surface area contributed by atoms with Crippen molar-refractivity contribution in [2.24, 2.45) is 5.92 Å². The van der Waals surface area contributed by atoms with Gasteiger partial charge in [0, 0.05) is 13.0 Å². The summed E-state index contributed by atoms with van der Waals surface area (Å²) in [4.78, 5) is 16.5. The van der Waals surface area contributed by atoms with Crippen molar-refractivity contribution >= 4 is 5.91 Å². The molecule has 0 aliphatic heterocycles. The molecule has 0 aliphatic rings. The van der Waals surface area contributed by atoms with E-state index in [2.05, 4.69) is 0 Å². The molecule has 3 nitrogen and oxygen atoms in total. The molecular formula is C12H17NO2. The monoisotopic (exact) mass is 207 g/mol. The van der Waals surface area contributed by atoms with Crippen LogP contribution in [-0.4, -0.2) is 25.1 Å². The number of rotatable bonds is 4. The van der Waals surface area contributed by atoms with Crippen molar-refractivity contribution in [3.05, 3.63) is 35.9 Å². The van der Waals surface area contributed by atoms with Crippen LogP contribution >= 0.6 is 0 Å². The predicted octanol–water partition coefficient (Wildman–Crippen LogP) is 1.88. The maximum Gasteiger partial charge on any atom is 0.248 e. The van der Waals surface area contributed by atoms with Gasteiger partial charge in [0.15, 0.2) is 0 Å². The molecule has 1 aromatic rings. The lowest BCUT2D eigenvalue weighted by Crippen LogP contribution is -2.31. The lowest BCUT2D eigenvalue weighted by atomic mass is 10.0. The fourth-order valence-electron chi connectivity index (χ4n) is 1.46. The summed E-state index contributed by atoms with van der Waals surface area (Å²) >= 11 is 0. The average molecular weight is 207 g/mol. The number of benzene rings is 1. The summed E-state index contributed by atoms with van der Waals surface area (Å²) in [5.41, 5.74) is 1.17. The number of carbonyl (C=O) groups excluding carboxylic acids is 1. The molecular weight excluding hydrogens is 190 g/mol. The van der Waals surface area contributed by atoms with E-state index in [9.17, 15) is 4.79 Å². The minimum atomic E-state index is -0.0580. The molecule has 15 heavy (non-hydrogen) atoms. The fourth-order valence-corrected chi connectivity index (χ4v) is 1.46. The third kappa shape index (κ3) is 3.36. The van der Waals surface area contributed by atoms with Crippen molar-refractivity contribution in [2.75, 3.05) is 14.2 Å². The normalized spacial score (nSPS) is 12.2. The summed E-state index contributed by atoms with van der Waals surface area (Å²) in [6.07, 6.45) is 0.743. The van der Waals surface area contributed by atoms with E-state index in [-0.39, 0.29) is 11.8 Å². The van der Waals surface area contributed by atoms with E-state index in [4.69, 9.17) is 4.84 Å². The molecule has 0 saturated heterocycles. The van der Waals surface area contributed by atoms with Crippen molar-refractivity contribution in [3.8, 4) is 0 Å². The highest BCUT2D eigenvalue weighted by molar-refractivity contribution is 5.77. The van der Waals surface area contributed by atoms with Crippen LogP contribution in [0.25, 0.3) is 0 Å². The molecule has 1 aromatic carbocycles. The molecule has 0 bridgehead atoms. The fraction of sp³-hybridized carbons (Fsp3) is 0.417. The number of hydroxylamine groups is 2. The van der Waals surface area contributed by atoms with E-state index in [1.165, 1.54) is 17.7 Å². The van der Waals surface area contributed by atoms with Gasteiger partial charge in [-0.05, 0) is 12.0 Å². The van der Waals surface area contributed by atoms with Crippen molar-refractivity contribution in [1.82, 2.24) is 5.06 Å². The van der Waals surface area contributed by atoms with Gasteiger partial charge in [-0.1, -0.05) is 37.3 Å². The van der Waals surface area contributed by atoms with Gasteiger partial charge in [0.2, 0.25) is 5.91 Å². The number of amides is 1. The second-order valence-corrected chi connectivity index (χ2v) is 3.61. The van der Waals surface area contributed by atoms with E-state index in [1.807, 2.05) is 37.3 Å². The minimum Gasteiger partial charge on any atom is -0.275 e. The molecule has 0 unspecified atom stereocenters. The lowest BCUT2D eigenvalue weighted by Gasteiger charge is -2.18. The standard InChI is InChI=1S/C12H17NO2/c1-10(12(14)13(2)15-3)9-11-7-5-4-6-8-11/h4-8,10H,9H2,1-3H3/t10-/m0/s1. The molecule has 0 radical (unpaired) electrons. The highest BCUT2D eigenvalue weighted by Gasteiger charge is 2.17. The Bertz CT molecular complexity index is 311. The summed E-state index contributed by atoms with van der Waals surface area (Å²) in [6, 6.07) is 9.98. The van der Waals surface area contributed by atoms with E-state index in [1.54, 1.807) is 7.05 Å². The van der Waals surface area contributed by atoms with Crippen molar-refractivity contribution in [3.63, 3.8) is 0 Å². The molecule has 1 atom stereocenters. The van der Waals surface area contributed by atoms with Crippen LogP contribution < -0.4 is 0 Å². The van der Waals surface area contributed by atoms with Crippen LogP contribution in [0.5, 0.6) is 0 Å². The first-order chi connectivity index (χ1) is 7.15. The molecule has 0 N–H and O–H groups in total. The second-order valence-electron chi connectivity index (χ2n) is 3.61. The van der Waals surface area contributed by atoms with Gasteiger partial charge in [-0.3, -0.25) is 9.63 Å². The largest absolute Gasteiger partial charge is 0.275 e. The molecule has 0 fully saturated rings. The van der Waals surface area contributed by atoms with E-state index >= 15 is 0 Å². The van der Waals surface area contributed by atoms with Gasteiger partial charge in [0.05, 0.1) is 7.11 Å². The second kappa shape index (κ2) is 5.51. The Kier molecular flexibility index (Phi) is 4.31. The van der Waals surface area contributed by atoms with Gasteiger partial charge in [-0.15, -0.1) is 0 Å². The SMILES string of the molecule is CON(C)C(=O)[C@@H](C)Cc1ccccc1. The molecule has 3 heteroatoms. The van der Waals surface area contributed by atoms with Gasteiger partial charge >= 0.3 is 0 Å². The number of nitrogens with zero attached hydrogens (tertiary/aromatic N) is 1. The van der Waals surface area contributed by atoms with Gasteiger partial charge < -0.3 is 0 Å². The Balaban J connectivity index is 2.56. The predicted molar refractivity (Wildman–Crippen MR) is 59.1 cm³/mol. The van der Waals surface area contributed by atoms with Crippen LogP contribution in [0, 0.1) is 5.92 Å². The smallest absolute Gasteiger partial charge is 0.248 e. The molecule has 0 aliphatic carbocycles. The first kappa shape index (κ1) is 11.7. The number of hydrogen-bond acceptors (Lipinski definition) is 2. The van der Waals surface area contributed by atoms with Crippen molar-refractivity contribution < 1.29 is 9.63 Å². The maximum absolute atomic E-state index is 11.7. The number of carbonyl (C=O) groups is 1. The average Bonchev–Trinajstić information content (AvgIpc) is 2.28. The Hall–Kier alpha value is -1.35. The van der Waals surface area contributed by atoms with Gasteiger partial charge in [-0.2, -0.15) is 0 Å². The Morgan fingerprint density at radius 2 is 2.00 bits per heavy atom. The zero-order chi connectivity index (χ0) is 11.3. The van der Waals surface area contributed by atoms with Crippen LogP contribution in [0.4, 0.5) is 0 Å². The van der Waals surface area contributed by atoms with E-state index in [0.717, 1.165) is 6.42 Å². The van der Waals surface area contributed by atoms with E-state index in [0.29, 0.717) is 0 Å². The summed E-state index contributed by atoms with van der Waals surface area (Å²) < 4.78 is 0. The molecule has 1 rings (SSSR count). The van der Waals surface area contributed by atoms with Crippen LogP contribution in [0.1, 0.15) is 12.5 Å². The third-order valence-electron chi connectivity index (χ3n) is 2.39. The Morgan fingerprint density at radius 3 is 2.53 bits per heavy atom. The van der Waals surface area contributed by atoms with Crippen molar-refractivity contribution in [1.29, 1.82) is 0 Å². The maximum atomic E-state index is 11.7. The highest BCUT2D eigenvalue weighted by Crippen LogP contribution is 2.10. The third-order valence-corrected chi connectivity index (χ3v) is 2.39. The lowest BCUT2D eigenvalue weighted by molar-refractivity contribution is -0.172. The zero-order valence-corrected chi connectivity index (χ0v) is 9.43. The summed E-state index contributed by atoms with van der Waals surface area (Å²) in [7, 11) is 3.12. The van der Waals surface area contributed by atoms with Crippen LogP contribution in [0.2, 0.25) is 0 Å². The summed E-state index contributed by atoms with van der Waals surface area (Å²) in [5, 5.41) is 1.27. The van der Waals surface area contributed by atoms with Crippen molar-refractivity contribution in [2.45, 2.75) is 13.3 Å². The molecule has 0 heterocycles. The molecule has 1 amide bonds. The van der Waals surface area contributed by atoms with E-state index < -0.39 is 0 Å². The molecule has 82 valence electrons. The Morgan fingerprint density at radius 1 is 1.40 bits per heavy atom. The topological polar surface area (TPSA) is 29.5 Å². The summed E-state index contributed by atoms with van der Waals surface area (Å²) in [5.74, 6) is -0.0568. The van der Waals surface area contributed by atoms with Crippen LogP contribution in [0.3, 0.4) is 0 Å². The van der Waals surface area contributed by atoms with Gasteiger partial charge in [0.25, 0.3) is 0 Å². The minimum absolute atomic E-state index is 0.00125. The molecule has 0 saturated carbocycles. The quantitative estimate of drug-likeness (QED) is 0.705. The molecule has 0 aromatic heterocycles. The first-order valence-corrected chi connectivity index (χ1v) is 5.00.